The molecule has 0 saturated heterocycles. The van der Waals surface area contributed by atoms with E-state index in [2.05, 4.69) is 71.4 Å². The molecule has 0 aliphatic heterocycles. The van der Waals surface area contributed by atoms with E-state index >= 15 is 0 Å². The zero-order valence-electron chi connectivity index (χ0n) is 16.7. The SMILES string of the molecule is CCC(C)(Pc1c(C)cccc1CP(C)C)c1cc(C)cc(C)c1O. The Morgan fingerprint density at radius 1 is 1.08 bits per heavy atom. The van der Waals surface area contributed by atoms with Crippen molar-refractivity contribution < 1.29 is 5.11 Å². The Kier molecular flexibility index (Phi) is 6.69. The molecule has 0 saturated carbocycles. The van der Waals surface area contributed by atoms with E-state index in [1.807, 2.05) is 6.92 Å². The van der Waals surface area contributed by atoms with Crippen LogP contribution in [-0.2, 0) is 11.3 Å². The van der Waals surface area contributed by atoms with E-state index in [1.165, 1.54) is 28.2 Å². The van der Waals surface area contributed by atoms with Gasteiger partial charge in [0.15, 0.2) is 0 Å². The molecule has 25 heavy (non-hydrogen) atoms. The van der Waals surface area contributed by atoms with Crippen LogP contribution in [0.15, 0.2) is 30.3 Å². The predicted octanol–water partition coefficient (Wildman–Crippen LogP) is 6.19. The Morgan fingerprint density at radius 3 is 2.36 bits per heavy atom. The molecule has 0 amide bonds. The third-order valence-electron chi connectivity index (χ3n) is 4.99. The first-order chi connectivity index (χ1) is 11.7. The van der Waals surface area contributed by atoms with Crippen LogP contribution in [0.5, 0.6) is 5.75 Å². The average Bonchev–Trinajstić information content (AvgIpc) is 2.53. The predicted molar refractivity (Wildman–Crippen MR) is 117 cm³/mol. The zero-order chi connectivity index (χ0) is 18.8. The highest BCUT2D eigenvalue weighted by Crippen LogP contribution is 2.49. The molecule has 2 atom stereocenters. The number of aromatic hydroxyl groups is 1. The Hall–Kier alpha value is -0.900. The Morgan fingerprint density at radius 2 is 1.76 bits per heavy atom. The molecule has 2 rings (SSSR count). The maximum absolute atomic E-state index is 10.8. The van der Waals surface area contributed by atoms with Gasteiger partial charge in [0.1, 0.15) is 5.75 Å². The van der Waals surface area contributed by atoms with Gasteiger partial charge in [-0.05, 0) is 68.7 Å². The summed E-state index contributed by atoms with van der Waals surface area (Å²) in [6, 6.07) is 11.0. The summed E-state index contributed by atoms with van der Waals surface area (Å²) in [7, 11) is 0.696. The lowest BCUT2D eigenvalue weighted by Crippen LogP contribution is -2.22. The highest BCUT2D eigenvalue weighted by atomic mass is 31.1. The number of hydrogen-bond donors (Lipinski definition) is 1. The summed E-state index contributed by atoms with van der Waals surface area (Å²) < 4.78 is 0. The summed E-state index contributed by atoms with van der Waals surface area (Å²) >= 11 is 0. The van der Waals surface area contributed by atoms with Crippen LogP contribution >= 0.6 is 16.5 Å². The van der Waals surface area contributed by atoms with Gasteiger partial charge in [-0.3, -0.25) is 0 Å². The van der Waals surface area contributed by atoms with Crippen LogP contribution in [-0.4, -0.2) is 18.4 Å². The molecule has 2 aromatic rings. The minimum atomic E-state index is -0.0357. The molecule has 2 aromatic carbocycles. The lowest BCUT2D eigenvalue weighted by molar-refractivity contribution is 0.452. The summed E-state index contributed by atoms with van der Waals surface area (Å²) in [5.41, 5.74) is 6.20. The fraction of sp³-hybridized carbons (Fsp3) is 0.455. The van der Waals surface area contributed by atoms with E-state index in [4.69, 9.17) is 0 Å². The molecule has 1 nitrogen and oxygen atoms in total. The second kappa shape index (κ2) is 8.20. The van der Waals surface area contributed by atoms with Gasteiger partial charge in [0.25, 0.3) is 0 Å². The molecule has 0 fully saturated rings. The molecule has 1 N–H and O–H groups in total. The van der Waals surface area contributed by atoms with Crippen LogP contribution in [0, 0.1) is 20.8 Å². The molecule has 136 valence electrons. The van der Waals surface area contributed by atoms with E-state index < -0.39 is 0 Å². The molecule has 3 heteroatoms. The maximum atomic E-state index is 10.8. The minimum absolute atomic E-state index is 0.0331. The molecule has 0 radical (unpaired) electrons. The Balaban J connectivity index is 2.53. The minimum Gasteiger partial charge on any atom is -0.507 e. The molecule has 0 heterocycles. The van der Waals surface area contributed by atoms with Gasteiger partial charge < -0.3 is 5.11 Å². The summed E-state index contributed by atoms with van der Waals surface area (Å²) in [6.45, 7) is 15.6. The number of rotatable bonds is 6. The van der Waals surface area contributed by atoms with Crippen molar-refractivity contribution in [3.8, 4) is 5.75 Å². The zero-order valence-corrected chi connectivity index (χ0v) is 18.6. The topological polar surface area (TPSA) is 20.2 Å². The quantitative estimate of drug-likeness (QED) is 0.598. The van der Waals surface area contributed by atoms with E-state index in [9.17, 15) is 5.11 Å². The first-order valence-corrected chi connectivity index (χ1v) is 12.4. The monoisotopic (exact) mass is 374 g/mol. The molecule has 0 aromatic heterocycles. The molecule has 2 unspecified atom stereocenters. The number of phenols is 1. The Bertz CT molecular complexity index is 752. The van der Waals surface area contributed by atoms with Gasteiger partial charge >= 0.3 is 0 Å². The third kappa shape index (κ3) is 4.64. The van der Waals surface area contributed by atoms with Crippen molar-refractivity contribution in [3.05, 3.63) is 58.1 Å². The normalized spacial score (nSPS) is 14.4. The highest BCUT2D eigenvalue weighted by molar-refractivity contribution is 7.55. The number of hydrogen-bond acceptors (Lipinski definition) is 1. The third-order valence-corrected chi connectivity index (χ3v) is 8.11. The van der Waals surface area contributed by atoms with Gasteiger partial charge in [0.05, 0.1) is 0 Å². The van der Waals surface area contributed by atoms with E-state index in [-0.39, 0.29) is 13.1 Å². The summed E-state index contributed by atoms with van der Waals surface area (Å²) in [5, 5.41) is 12.2. The largest absolute Gasteiger partial charge is 0.507 e. The second-order valence-electron chi connectivity index (χ2n) is 7.64. The number of phenolic OH excluding ortho intramolecular Hbond substituents is 1. The standard InChI is InChI=1S/C22H32OP2/c1-8-22(5,19-13-15(2)12-17(4)20(19)23)24-21-16(3)10-9-11-18(21)14-25(6)7/h9-13,23-24H,8,14H2,1-7H3. The van der Waals surface area contributed by atoms with Gasteiger partial charge in [-0.2, -0.15) is 0 Å². The molecular formula is C22H32OP2. The number of aryl methyl sites for hydroxylation is 3. The smallest absolute Gasteiger partial charge is 0.122 e. The molecule has 0 spiro atoms. The van der Waals surface area contributed by atoms with Crippen LogP contribution in [0.2, 0.25) is 0 Å². The molecule has 0 aliphatic rings. The van der Waals surface area contributed by atoms with Crippen molar-refractivity contribution in [1.29, 1.82) is 0 Å². The maximum Gasteiger partial charge on any atom is 0.122 e. The second-order valence-corrected chi connectivity index (χ2v) is 12.0. The van der Waals surface area contributed by atoms with Crippen molar-refractivity contribution in [2.45, 2.75) is 52.4 Å². The fourth-order valence-electron chi connectivity index (χ4n) is 3.38. The lowest BCUT2D eigenvalue weighted by Gasteiger charge is -2.32. The van der Waals surface area contributed by atoms with Gasteiger partial charge in [-0.25, -0.2) is 0 Å². The lowest BCUT2D eigenvalue weighted by atomic mass is 9.93. The fourth-order valence-corrected chi connectivity index (χ4v) is 6.14. The molecule has 0 aliphatic carbocycles. The van der Waals surface area contributed by atoms with Gasteiger partial charge in [0, 0.05) is 10.7 Å². The molecule has 0 bridgehead atoms. The van der Waals surface area contributed by atoms with Crippen LogP contribution in [0.3, 0.4) is 0 Å². The van der Waals surface area contributed by atoms with Gasteiger partial charge in [0.2, 0.25) is 0 Å². The van der Waals surface area contributed by atoms with E-state index in [0.717, 1.165) is 17.5 Å². The highest BCUT2D eigenvalue weighted by Gasteiger charge is 2.30. The summed E-state index contributed by atoms with van der Waals surface area (Å²) in [4.78, 5) is 0. The van der Waals surface area contributed by atoms with Crippen LogP contribution in [0.1, 0.15) is 48.1 Å². The molecular weight excluding hydrogens is 342 g/mol. The first-order valence-electron chi connectivity index (χ1n) is 9.00. The summed E-state index contributed by atoms with van der Waals surface area (Å²) in [5.74, 6) is 0.478. The average molecular weight is 374 g/mol. The van der Waals surface area contributed by atoms with Crippen molar-refractivity contribution in [2.75, 3.05) is 13.3 Å². The van der Waals surface area contributed by atoms with Crippen molar-refractivity contribution in [2.24, 2.45) is 0 Å². The van der Waals surface area contributed by atoms with Gasteiger partial charge in [-0.1, -0.05) is 58.3 Å². The first kappa shape index (κ1) is 20.4. The van der Waals surface area contributed by atoms with Gasteiger partial charge in [-0.15, -0.1) is 7.92 Å². The van der Waals surface area contributed by atoms with E-state index in [1.54, 1.807) is 0 Å². The van der Waals surface area contributed by atoms with Crippen LogP contribution in [0.25, 0.3) is 0 Å². The van der Waals surface area contributed by atoms with Crippen LogP contribution < -0.4 is 5.30 Å². The summed E-state index contributed by atoms with van der Waals surface area (Å²) in [6.07, 6.45) is 2.20. The van der Waals surface area contributed by atoms with E-state index in [0.29, 0.717) is 14.3 Å². The van der Waals surface area contributed by atoms with Crippen molar-refractivity contribution in [3.63, 3.8) is 0 Å². The van der Waals surface area contributed by atoms with Crippen LogP contribution in [0.4, 0.5) is 0 Å². The van der Waals surface area contributed by atoms with Crippen molar-refractivity contribution >= 4 is 21.8 Å². The van der Waals surface area contributed by atoms with Crippen molar-refractivity contribution in [1.82, 2.24) is 0 Å². The number of benzene rings is 2. The Labute approximate surface area is 156 Å².